The highest BCUT2D eigenvalue weighted by atomic mass is 79.9. The number of phenolic OH excluding ortho intramolecular Hbond substituents is 1. The van der Waals surface area contributed by atoms with E-state index in [1.807, 2.05) is 19.1 Å². The van der Waals surface area contributed by atoms with Gasteiger partial charge in [0.15, 0.2) is 5.78 Å². The van der Waals surface area contributed by atoms with E-state index in [1.165, 1.54) is 16.4 Å². The van der Waals surface area contributed by atoms with E-state index in [-0.39, 0.29) is 16.8 Å². The molecule has 3 rings (SSSR count). The van der Waals surface area contributed by atoms with E-state index in [0.717, 1.165) is 4.47 Å². The molecule has 1 heterocycles. The van der Waals surface area contributed by atoms with Crippen molar-refractivity contribution in [2.24, 2.45) is 0 Å². The number of phenols is 1. The maximum atomic E-state index is 12.5. The van der Waals surface area contributed by atoms with E-state index in [4.69, 9.17) is 0 Å². The highest BCUT2D eigenvalue weighted by Gasteiger charge is 2.20. The molecule has 0 saturated heterocycles. The van der Waals surface area contributed by atoms with E-state index in [9.17, 15) is 9.90 Å². The van der Waals surface area contributed by atoms with Gasteiger partial charge in [-0.2, -0.15) is 4.68 Å². The minimum atomic E-state index is -0.340. The largest absolute Gasteiger partial charge is 0.508 e. The van der Waals surface area contributed by atoms with E-state index in [1.54, 1.807) is 36.4 Å². The van der Waals surface area contributed by atoms with E-state index in [2.05, 4.69) is 31.5 Å². The van der Waals surface area contributed by atoms with Crippen LogP contribution >= 0.6 is 27.7 Å². The first-order valence-corrected chi connectivity index (χ1v) is 8.76. The summed E-state index contributed by atoms with van der Waals surface area (Å²) in [5.74, 6) is 0.174. The molecule has 24 heavy (non-hydrogen) atoms. The molecule has 0 saturated carbocycles. The monoisotopic (exact) mass is 404 g/mol. The minimum absolute atomic E-state index is 0.00718. The quantitative estimate of drug-likeness (QED) is 0.517. The lowest BCUT2D eigenvalue weighted by Gasteiger charge is -2.10. The van der Waals surface area contributed by atoms with Crippen molar-refractivity contribution in [3.8, 4) is 11.4 Å². The highest BCUT2D eigenvalue weighted by Crippen LogP contribution is 2.26. The van der Waals surface area contributed by atoms with Crippen molar-refractivity contribution in [3.05, 3.63) is 58.6 Å². The summed E-state index contributed by atoms with van der Waals surface area (Å²) in [5, 5.41) is 21.2. The number of halogens is 1. The Bertz CT molecular complexity index is 849. The fourth-order valence-corrected chi connectivity index (χ4v) is 3.22. The molecular formula is C16H13BrN4O2S. The second-order valence-electron chi connectivity index (χ2n) is 5.02. The number of tetrazole rings is 1. The lowest BCUT2D eigenvalue weighted by Crippen LogP contribution is -2.14. The van der Waals surface area contributed by atoms with Gasteiger partial charge in [-0.1, -0.05) is 39.8 Å². The number of carbonyl (C=O) groups is 1. The van der Waals surface area contributed by atoms with Gasteiger partial charge >= 0.3 is 0 Å². The molecule has 1 N–H and O–H groups in total. The van der Waals surface area contributed by atoms with Crippen LogP contribution < -0.4 is 0 Å². The van der Waals surface area contributed by atoms with Gasteiger partial charge < -0.3 is 5.11 Å². The molecule has 0 aliphatic heterocycles. The maximum Gasteiger partial charge on any atom is 0.214 e. The van der Waals surface area contributed by atoms with Crippen molar-refractivity contribution >= 4 is 33.5 Å². The summed E-state index contributed by atoms with van der Waals surface area (Å²) in [6, 6.07) is 13.8. The predicted octanol–water partition coefficient (Wildman–Crippen LogP) is 3.49. The van der Waals surface area contributed by atoms with Crippen molar-refractivity contribution in [1.82, 2.24) is 20.2 Å². The van der Waals surface area contributed by atoms with Crippen LogP contribution in [0.1, 0.15) is 17.3 Å². The minimum Gasteiger partial charge on any atom is -0.508 e. The zero-order valence-corrected chi connectivity index (χ0v) is 15.0. The molecule has 0 bridgehead atoms. The van der Waals surface area contributed by atoms with Gasteiger partial charge in [0, 0.05) is 10.0 Å². The van der Waals surface area contributed by atoms with Crippen molar-refractivity contribution < 1.29 is 9.90 Å². The number of benzene rings is 2. The molecule has 0 fully saturated rings. The van der Waals surface area contributed by atoms with Crippen molar-refractivity contribution in [3.63, 3.8) is 0 Å². The summed E-state index contributed by atoms with van der Waals surface area (Å²) in [5.41, 5.74) is 1.35. The molecule has 2 aromatic carbocycles. The van der Waals surface area contributed by atoms with Gasteiger partial charge in [0.1, 0.15) is 5.75 Å². The van der Waals surface area contributed by atoms with E-state index >= 15 is 0 Å². The average molecular weight is 405 g/mol. The summed E-state index contributed by atoms with van der Waals surface area (Å²) in [4.78, 5) is 12.5. The molecule has 1 aromatic heterocycles. The van der Waals surface area contributed by atoms with Gasteiger partial charge in [-0.15, -0.1) is 5.10 Å². The Hall–Kier alpha value is -2.19. The third-order valence-corrected chi connectivity index (χ3v) is 4.88. The fraction of sp³-hybridized carbons (Fsp3) is 0.125. The number of nitrogens with zero attached hydrogens (tertiary/aromatic N) is 4. The molecule has 0 unspecified atom stereocenters. The molecule has 0 spiro atoms. The third kappa shape index (κ3) is 3.65. The molecule has 3 aromatic rings. The van der Waals surface area contributed by atoms with Crippen LogP contribution in [0.25, 0.3) is 5.69 Å². The van der Waals surface area contributed by atoms with Crippen molar-refractivity contribution in [1.29, 1.82) is 0 Å². The van der Waals surface area contributed by atoms with Crippen LogP contribution in [0.4, 0.5) is 0 Å². The first kappa shape index (κ1) is 16.7. The SMILES string of the molecule is C[C@H](Sc1nnnn1-c1ccc(O)cc1)C(=O)c1ccc(Br)cc1. The normalized spacial score (nSPS) is 12.1. The lowest BCUT2D eigenvalue weighted by atomic mass is 10.1. The summed E-state index contributed by atoms with van der Waals surface area (Å²) < 4.78 is 2.46. The number of aromatic hydroxyl groups is 1. The molecule has 0 amide bonds. The summed E-state index contributed by atoms with van der Waals surface area (Å²) in [7, 11) is 0. The molecule has 8 heteroatoms. The Morgan fingerprint density at radius 3 is 2.50 bits per heavy atom. The molecule has 122 valence electrons. The van der Waals surface area contributed by atoms with Gasteiger partial charge in [0.05, 0.1) is 10.9 Å². The van der Waals surface area contributed by atoms with Gasteiger partial charge in [-0.25, -0.2) is 0 Å². The van der Waals surface area contributed by atoms with Crippen LogP contribution in [0, 0.1) is 0 Å². The van der Waals surface area contributed by atoms with Crippen LogP contribution in [-0.4, -0.2) is 36.3 Å². The lowest BCUT2D eigenvalue weighted by molar-refractivity contribution is 0.0994. The van der Waals surface area contributed by atoms with E-state index in [0.29, 0.717) is 16.4 Å². The van der Waals surface area contributed by atoms with Crippen LogP contribution in [0.2, 0.25) is 0 Å². The predicted molar refractivity (Wildman–Crippen MR) is 94.6 cm³/mol. The van der Waals surface area contributed by atoms with E-state index < -0.39 is 0 Å². The first-order chi connectivity index (χ1) is 11.5. The Morgan fingerprint density at radius 2 is 1.83 bits per heavy atom. The smallest absolute Gasteiger partial charge is 0.214 e. The fourth-order valence-electron chi connectivity index (χ4n) is 2.07. The average Bonchev–Trinajstić information content (AvgIpc) is 3.03. The number of carbonyl (C=O) groups excluding carboxylic acids is 1. The third-order valence-electron chi connectivity index (χ3n) is 3.32. The second kappa shape index (κ2) is 7.14. The maximum absolute atomic E-state index is 12.5. The second-order valence-corrected chi connectivity index (χ2v) is 7.24. The molecule has 0 aliphatic rings. The topological polar surface area (TPSA) is 80.9 Å². The highest BCUT2D eigenvalue weighted by molar-refractivity contribution is 9.10. The Balaban J connectivity index is 1.79. The Kier molecular flexibility index (Phi) is 4.96. The molecular weight excluding hydrogens is 392 g/mol. The Labute approximate surface area is 151 Å². The standard InChI is InChI=1S/C16H13BrN4O2S/c1-10(15(23)11-2-4-12(17)5-3-11)24-16-18-19-20-21(16)13-6-8-14(22)9-7-13/h2-10,22H,1H3/t10-/m0/s1. The number of rotatable bonds is 5. The van der Waals surface area contributed by atoms with Crippen LogP contribution in [0.15, 0.2) is 58.2 Å². The molecule has 1 atom stereocenters. The van der Waals surface area contributed by atoms with Crippen LogP contribution in [0.3, 0.4) is 0 Å². The number of hydrogen-bond acceptors (Lipinski definition) is 6. The van der Waals surface area contributed by atoms with Gasteiger partial charge in [0.2, 0.25) is 5.16 Å². The zero-order valence-electron chi connectivity index (χ0n) is 12.6. The van der Waals surface area contributed by atoms with Gasteiger partial charge in [0.25, 0.3) is 0 Å². The molecule has 6 nitrogen and oxygen atoms in total. The van der Waals surface area contributed by atoms with Crippen molar-refractivity contribution in [2.75, 3.05) is 0 Å². The van der Waals surface area contributed by atoms with Crippen LogP contribution in [0.5, 0.6) is 5.75 Å². The van der Waals surface area contributed by atoms with Gasteiger partial charge in [-0.3, -0.25) is 4.79 Å². The summed E-state index contributed by atoms with van der Waals surface area (Å²) in [6.07, 6.45) is 0. The molecule has 0 radical (unpaired) electrons. The summed E-state index contributed by atoms with van der Waals surface area (Å²) >= 11 is 4.64. The van der Waals surface area contributed by atoms with Gasteiger partial charge in [-0.05, 0) is 53.7 Å². The first-order valence-electron chi connectivity index (χ1n) is 7.09. The Morgan fingerprint density at radius 1 is 1.17 bits per heavy atom. The number of aromatic nitrogens is 4. The summed E-state index contributed by atoms with van der Waals surface area (Å²) in [6.45, 7) is 1.82. The number of thioether (sulfide) groups is 1. The van der Waals surface area contributed by atoms with Crippen molar-refractivity contribution in [2.45, 2.75) is 17.3 Å². The zero-order chi connectivity index (χ0) is 17.1. The van der Waals surface area contributed by atoms with Crippen LogP contribution in [-0.2, 0) is 0 Å². The molecule has 0 aliphatic carbocycles. The number of ketones is 1. The number of hydrogen-bond donors (Lipinski definition) is 1. The number of Topliss-reactive ketones (excluding diaryl/α,β-unsaturated/α-hetero) is 1.